The molecule has 2 aromatic rings. The van der Waals surface area contributed by atoms with E-state index >= 15 is 0 Å². The maximum Gasteiger partial charge on any atom is 0.101 e. The first kappa shape index (κ1) is 14.6. The van der Waals surface area contributed by atoms with Gasteiger partial charge >= 0.3 is 0 Å². The van der Waals surface area contributed by atoms with Gasteiger partial charge in [0.1, 0.15) is 6.10 Å². The maximum absolute atomic E-state index is 10.4. The highest BCUT2D eigenvalue weighted by atomic mass is 79.9. The van der Waals surface area contributed by atoms with Crippen molar-refractivity contribution in [2.24, 2.45) is 0 Å². The van der Waals surface area contributed by atoms with Crippen molar-refractivity contribution in [3.05, 3.63) is 51.2 Å². The highest BCUT2D eigenvalue weighted by Crippen LogP contribution is 2.29. The Labute approximate surface area is 126 Å². The summed E-state index contributed by atoms with van der Waals surface area (Å²) in [4.78, 5) is 0. The molecule has 0 amide bonds. The lowest BCUT2D eigenvalue weighted by Crippen LogP contribution is -2.13. The Bertz CT molecular complexity index is 568. The number of hydrogen-bond acceptors (Lipinski definition) is 2. The molecule has 1 heterocycles. The molecule has 0 bridgehead atoms. The maximum atomic E-state index is 10.4. The molecule has 1 aromatic carbocycles. The standard InChI is InChI=1S/C14H16BrClN2O/c1-9(2)18-14(12(16)8-17-18)13(19)7-10-5-3-4-6-11(10)15/h3-6,8-9,13,19H,7H2,1-2H3. The molecule has 0 fully saturated rings. The Morgan fingerprint density at radius 1 is 1.37 bits per heavy atom. The summed E-state index contributed by atoms with van der Waals surface area (Å²) in [7, 11) is 0. The van der Waals surface area contributed by atoms with Crippen LogP contribution in [-0.2, 0) is 6.42 Å². The summed E-state index contributed by atoms with van der Waals surface area (Å²) in [6.45, 7) is 4.02. The van der Waals surface area contributed by atoms with E-state index in [0.717, 1.165) is 10.0 Å². The molecule has 5 heteroatoms. The van der Waals surface area contributed by atoms with Gasteiger partial charge in [-0.15, -0.1) is 0 Å². The van der Waals surface area contributed by atoms with Gasteiger partial charge in [0.05, 0.1) is 16.9 Å². The van der Waals surface area contributed by atoms with E-state index in [1.54, 1.807) is 10.9 Å². The zero-order valence-electron chi connectivity index (χ0n) is 10.8. The fraction of sp³-hybridized carbons (Fsp3) is 0.357. The molecule has 19 heavy (non-hydrogen) atoms. The zero-order chi connectivity index (χ0) is 14.0. The van der Waals surface area contributed by atoms with Gasteiger partial charge in [0.15, 0.2) is 0 Å². The number of hydrogen-bond donors (Lipinski definition) is 1. The topological polar surface area (TPSA) is 38.0 Å². The van der Waals surface area contributed by atoms with E-state index < -0.39 is 6.10 Å². The first-order chi connectivity index (χ1) is 9.00. The molecule has 1 unspecified atom stereocenters. The average molecular weight is 344 g/mol. The molecular weight excluding hydrogens is 328 g/mol. The summed E-state index contributed by atoms with van der Waals surface area (Å²) in [6.07, 6.45) is 1.41. The monoisotopic (exact) mass is 342 g/mol. The van der Waals surface area contributed by atoms with Crippen LogP contribution in [0.3, 0.4) is 0 Å². The van der Waals surface area contributed by atoms with E-state index in [0.29, 0.717) is 17.1 Å². The van der Waals surface area contributed by atoms with E-state index in [1.165, 1.54) is 0 Å². The molecule has 0 saturated carbocycles. The van der Waals surface area contributed by atoms with Crippen molar-refractivity contribution in [3.8, 4) is 0 Å². The summed E-state index contributed by atoms with van der Waals surface area (Å²) in [5, 5.41) is 15.2. The van der Waals surface area contributed by atoms with Gasteiger partial charge in [-0.1, -0.05) is 45.7 Å². The minimum atomic E-state index is -0.670. The molecule has 0 aliphatic rings. The van der Waals surface area contributed by atoms with Crippen LogP contribution in [0, 0.1) is 0 Å². The van der Waals surface area contributed by atoms with Gasteiger partial charge in [-0.25, -0.2) is 0 Å². The van der Waals surface area contributed by atoms with E-state index in [1.807, 2.05) is 38.1 Å². The molecule has 0 saturated heterocycles. The molecule has 3 nitrogen and oxygen atoms in total. The van der Waals surface area contributed by atoms with Crippen LogP contribution < -0.4 is 0 Å². The largest absolute Gasteiger partial charge is 0.386 e. The number of benzene rings is 1. The lowest BCUT2D eigenvalue weighted by molar-refractivity contribution is 0.164. The Morgan fingerprint density at radius 2 is 2.05 bits per heavy atom. The molecule has 0 aliphatic carbocycles. The van der Waals surface area contributed by atoms with Crippen molar-refractivity contribution in [2.45, 2.75) is 32.4 Å². The van der Waals surface area contributed by atoms with E-state index in [2.05, 4.69) is 21.0 Å². The number of aromatic nitrogens is 2. The molecule has 2 rings (SSSR count). The zero-order valence-corrected chi connectivity index (χ0v) is 13.2. The van der Waals surface area contributed by atoms with Crippen molar-refractivity contribution in [1.29, 1.82) is 0 Å². The van der Waals surface area contributed by atoms with Gasteiger partial charge in [-0.3, -0.25) is 4.68 Å². The Hall–Kier alpha value is -0.840. The van der Waals surface area contributed by atoms with Crippen LogP contribution >= 0.6 is 27.5 Å². The number of aliphatic hydroxyl groups excluding tert-OH is 1. The van der Waals surface area contributed by atoms with E-state index in [9.17, 15) is 5.11 Å². The molecule has 0 aliphatic heterocycles. The van der Waals surface area contributed by atoms with Crippen molar-refractivity contribution >= 4 is 27.5 Å². The second-order valence-electron chi connectivity index (χ2n) is 4.73. The summed E-state index contributed by atoms with van der Waals surface area (Å²) < 4.78 is 2.75. The lowest BCUT2D eigenvalue weighted by atomic mass is 10.1. The molecule has 1 aromatic heterocycles. The lowest BCUT2D eigenvalue weighted by Gasteiger charge is -2.17. The summed E-state index contributed by atoms with van der Waals surface area (Å²) in [6, 6.07) is 8.01. The third-order valence-electron chi connectivity index (χ3n) is 2.96. The molecule has 1 atom stereocenters. The second-order valence-corrected chi connectivity index (χ2v) is 5.99. The van der Waals surface area contributed by atoms with E-state index in [4.69, 9.17) is 11.6 Å². The van der Waals surface area contributed by atoms with Crippen LogP contribution in [0.5, 0.6) is 0 Å². The predicted molar refractivity (Wildman–Crippen MR) is 80.4 cm³/mol. The molecule has 0 radical (unpaired) electrons. The Balaban J connectivity index is 2.28. The summed E-state index contributed by atoms with van der Waals surface area (Å²) >= 11 is 9.62. The van der Waals surface area contributed by atoms with Crippen molar-refractivity contribution in [3.63, 3.8) is 0 Å². The highest BCUT2D eigenvalue weighted by molar-refractivity contribution is 9.10. The minimum Gasteiger partial charge on any atom is -0.386 e. The van der Waals surface area contributed by atoms with E-state index in [-0.39, 0.29) is 6.04 Å². The smallest absolute Gasteiger partial charge is 0.101 e. The normalized spacial score (nSPS) is 12.9. The highest BCUT2D eigenvalue weighted by Gasteiger charge is 2.20. The fourth-order valence-corrected chi connectivity index (χ4v) is 2.75. The van der Waals surface area contributed by atoms with Crippen LogP contribution in [0.1, 0.15) is 37.3 Å². The van der Waals surface area contributed by atoms with Gasteiger partial charge in [0, 0.05) is 16.9 Å². The first-order valence-electron chi connectivity index (χ1n) is 6.15. The van der Waals surface area contributed by atoms with Crippen molar-refractivity contribution < 1.29 is 5.11 Å². The Kier molecular flexibility index (Phi) is 4.66. The molecule has 1 N–H and O–H groups in total. The molecule has 102 valence electrons. The number of rotatable bonds is 4. The van der Waals surface area contributed by atoms with Crippen LogP contribution in [-0.4, -0.2) is 14.9 Å². The predicted octanol–water partition coefficient (Wildman–Crippen LogP) is 4.16. The van der Waals surface area contributed by atoms with Gasteiger partial charge in [-0.2, -0.15) is 5.10 Å². The number of nitrogens with zero attached hydrogens (tertiary/aromatic N) is 2. The van der Waals surface area contributed by atoms with Crippen LogP contribution in [0.15, 0.2) is 34.9 Å². The third kappa shape index (κ3) is 3.19. The average Bonchev–Trinajstić information content (AvgIpc) is 2.74. The van der Waals surface area contributed by atoms with Gasteiger partial charge < -0.3 is 5.11 Å². The summed E-state index contributed by atoms with van der Waals surface area (Å²) in [5.74, 6) is 0. The first-order valence-corrected chi connectivity index (χ1v) is 7.32. The quantitative estimate of drug-likeness (QED) is 0.905. The number of aliphatic hydroxyl groups is 1. The van der Waals surface area contributed by atoms with Gasteiger partial charge in [-0.05, 0) is 25.5 Å². The van der Waals surface area contributed by atoms with Gasteiger partial charge in [0.2, 0.25) is 0 Å². The Morgan fingerprint density at radius 3 is 2.68 bits per heavy atom. The SMILES string of the molecule is CC(C)n1ncc(Cl)c1C(O)Cc1ccccc1Br. The summed E-state index contributed by atoms with van der Waals surface area (Å²) in [5.41, 5.74) is 1.72. The van der Waals surface area contributed by atoms with Crippen molar-refractivity contribution in [1.82, 2.24) is 9.78 Å². The van der Waals surface area contributed by atoms with Crippen LogP contribution in [0.25, 0.3) is 0 Å². The van der Waals surface area contributed by atoms with Gasteiger partial charge in [0.25, 0.3) is 0 Å². The van der Waals surface area contributed by atoms with Crippen LogP contribution in [0.2, 0.25) is 5.02 Å². The fourth-order valence-electron chi connectivity index (χ4n) is 2.04. The second kappa shape index (κ2) is 6.07. The van der Waals surface area contributed by atoms with Crippen molar-refractivity contribution in [2.75, 3.05) is 0 Å². The molecular formula is C14H16BrClN2O. The molecule has 0 spiro atoms. The van der Waals surface area contributed by atoms with Crippen LogP contribution in [0.4, 0.5) is 0 Å². The number of halogens is 2. The minimum absolute atomic E-state index is 0.163. The third-order valence-corrected chi connectivity index (χ3v) is 4.03.